The lowest BCUT2D eigenvalue weighted by Gasteiger charge is -2.38. The van der Waals surface area contributed by atoms with Crippen molar-refractivity contribution in [1.29, 1.82) is 0 Å². The van der Waals surface area contributed by atoms with Gasteiger partial charge in [-0.1, -0.05) is 6.07 Å². The quantitative estimate of drug-likeness (QED) is 0.877. The largest absolute Gasteiger partial charge is 0.368 e. The molecule has 2 aliphatic heterocycles. The lowest BCUT2D eigenvalue weighted by atomic mass is 10.1. The van der Waals surface area contributed by atoms with E-state index in [1.165, 1.54) is 17.5 Å². The first-order chi connectivity index (χ1) is 13.1. The predicted octanol–water partition coefficient (Wildman–Crippen LogP) is 1.83. The summed E-state index contributed by atoms with van der Waals surface area (Å²) in [5.74, 6) is 0.134. The second kappa shape index (κ2) is 7.98. The highest BCUT2D eigenvalue weighted by Crippen LogP contribution is 2.25. The monoisotopic (exact) mass is 371 g/mol. The van der Waals surface area contributed by atoms with Crippen LogP contribution < -0.4 is 5.32 Å². The average molecular weight is 371 g/mol. The molecule has 6 heteroatoms. The summed E-state index contributed by atoms with van der Waals surface area (Å²) in [6.07, 6.45) is 5.01. The summed E-state index contributed by atoms with van der Waals surface area (Å²) < 4.78 is 5.51. The van der Waals surface area contributed by atoms with Crippen molar-refractivity contribution in [3.63, 3.8) is 0 Å². The molecule has 2 heterocycles. The summed E-state index contributed by atoms with van der Waals surface area (Å²) in [6, 6.07) is 6.05. The molecule has 6 nitrogen and oxygen atoms in total. The summed E-state index contributed by atoms with van der Waals surface area (Å²) >= 11 is 0. The van der Waals surface area contributed by atoms with Crippen LogP contribution in [0.2, 0.25) is 0 Å². The first-order valence-electron chi connectivity index (χ1n) is 10.2. The Morgan fingerprint density at radius 3 is 2.63 bits per heavy atom. The molecular formula is C21H29N3O3. The SMILES string of the molecule is C[C@@H](C(=O)Nc1ccc2c(c1)CCC2)N1CCN(C(=O)[C@H]2CCCO2)CC1. The molecule has 1 aromatic carbocycles. The lowest BCUT2D eigenvalue weighted by Crippen LogP contribution is -2.55. The number of aryl methyl sites for hydroxylation is 2. The zero-order chi connectivity index (χ0) is 18.8. The second-order valence-electron chi connectivity index (χ2n) is 7.87. The van der Waals surface area contributed by atoms with Crippen LogP contribution in [0.25, 0.3) is 0 Å². The van der Waals surface area contributed by atoms with Gasteiger partial charge in [0.1, 0.15) is 6.10 Å². The van der Waals surface area contributed by atoms with Crippen molar-refractivity contribution in [3.8, 4) is 0 Å². The second-order valence-corrected chi connectivity index (χ2v) is 7.87. The summed E-state index contributed by atoms with van der Waals surface area (Å²) in [6.45, 7) is 5.40. The average Bonchev–Trinajstić information content (AvgIpc) is 3.38. The molecule has 0 bridgehead atoms. The Morgan fingerprint density at radius 1 is 1.11 bits per heavy atom. The minimum atomic E-state index is -0.253. The number of amides is 2. The number of piperazine rings is 1. The van der Waals surface area contributed by atoms with E-state index in [4.69, 9.17) is 4.74 Å². The normalized spacial score (nSPS) is 23.9. The Balaban J connectivity index is 1.29. The minimum absolute atomic E-state index is 0.0202. The molecule has 2 saturated heterocycles. The maximum atomic E-state index is 12.7. The first-order valence-corrected chi connectivity index (χ1v) is 10.2. The van der Waals surface area contributed by atoms with Gasteiger partial charge >= 0.3 is 0 Å². The van der Waals surface area contributed by atoms with Crippen LogP contribution in [0.15, 0.2) is 18.2 Å². The van der Waals surface area contributed by atoms with Crippen molar-refractivity contribution in [1.82, 2.24) is 9.80 Å². The maximum Gasteiger partial charge on any atom is 0.251 e. The van der Waals surface area contributed by atoms with Gasteiger partial charge in [0.05, 0.1) is 6.04 Å². The molecule has 1 aromatic rings. The highest BCUT2D eigenvalue weighted by Gasteiger charge is 2.32. The van der Waals surface area contributed by atoms with E-state index in [9.17, 15) is 9.59 Å². The molecular weight excluding hydrogens is 342 g/mol. The number of nitrogens with one attached hydrogen (secondary N) is 1. The third-order valence-corrected chi connectivity index (χ3v) is 6.12. The number of hydrogen-bond donors (Lipinski definition) is 1. The van der Waals surface area contributed by atoms with E-state index >= 15 is 0 Å². The summed E-state index contributed by atoms with van der Waals surface area (Å²) in [4.78, 5) is 29.2. The van der Waals surface area contributed by atoms with Gasteiger partial charge in [-0.3, -0.25) is 14.5 Å². The van der Waals surface area contributed by atoms with E-state index in [1.807, 2.05) is 17.9 Å². The zero-order valence-corrected chi connectivity index (χ0v) is 16.1. The topological polar surface area (TPSA) is 61.9 Å². The van der Waals surface area contributed by atoms with Gasteiger partial charge in [0.25, 0.3) is 5.91 Å². The van der Waals surface area contributed by atoms with Gasteiger partial charge < -0.3 is 15.0 Å². The van der Waals surface area contributed by atoms with E-state index < -0.39 is 0 Å². The van der Waals surface area contributed by atoms with Gasteiger partial charge in [-0.2, -0.15) is 0 Å². The van der Waals surface area contributed by atoms with Crippen molar-refractivity contribution in [2.75, 3.05) is 38.1 Å². The van der Waals surface area contributed by atoms with Crippen molar-refractivity contribution in [2.24, 2.45) is 0 Å². The molecule has 0 unspecified atom stereocenters. The number of anilines is 1. The van der Waals surface area contributed by atoms with E-state index in [-0.39, 0.29) is 24.0 Å². The fraction of sp³-hybridized carbons (Fsp3) is 0.619. The Labute approximate surface area is 160 Å². The lowest BCUT2D eigenvalue weighted by molar-refractivity contribution is -0.143. The number of ether oxygens (including phenoxy) is 1. The molecule has 27 heavy (non-hydrogen) atoms. The number of fused-ring (bicyclic) bond motifs is 1. The molecule has 0 aromatic heterocycles. The molecule has 0 spiro atoms. The fourth-order valence-electron chi connectivity index (χ4n) is 4.37. The van der Waals surface area contributed by atoms with Crippen LogP contribution in [-0.4, -0.2) is 66.5 Å². The first kappa shape index (κ1) is 18.4. The van der Waals surface area contributed by atoms with Crippen molar-refractivity contribution in [2.45, 2.75) is 51.2 Å². The summed E-state index contributed by atoms with van der Waals surface area (Å²) in [5, 5.41) is 3.07. The number of carbonyl (C=O) groups is 2. The van der Waals surface area contributed by atoms with Crippen LogP contribution in [0.3, 0.4) is 0 Å². The van der Waals surface area contributed by atoms with Gasteiger partial charge in [-0.05, 0) is 62.3 Å². The van der Waals surface area contributed by atoms with Crippen molar-refractivity contribution < 1.29 is 14.3 Å². The van der Waals surface area contributed by atoms with E-state index in [2.05, 4.69) is 22.3 Å². The van der Waals surface area contributed by atoms with Crippen LogP contribution in [0.5, 0.6) is 0 Å². The molecule has 0 saturated carbocycles. The molecule has 2 fully saturated rings. The van der Waals surface area contributed by atoms with Gasteiger partial charge in [0, 0.05) is 38.5 Å². The number of rotatable bonds is 4. The summed E-state index contributed by atoms with van der Waals surface area (Å²) in [5.41, 5.74) is 3.66. The van der Waals surface area contributed by atoms with Crippen LogP contribution in [0.4, 0.5) is 5.69 Å². The van der Waals surface area contributed by atoms with Crippen molar-refractivity contribution in [3.05, 3.63) is 29.3 Å². The van der Waals surface area contributed by atoms with Crippen LogP contribution in [0, 0.1) is 0 Å². The van der Waals surface area contributed by atoms with Gasteiger partial charge in [-0.25, -0.2) is 0 Å². The molecule has 3 aliphatic rings. The van der Waals surface area contributed by atoms with Gasteiger partial charge in [-0.15, -0.1) is 0 Å². The van der Waals surface area contributed by atoms with Crippen molar-refractivity contribution >= 4 is 17.5 Å². The number of benzene rings is 1. The maximum absolute atomic E-state index is 12.7. The van der Waals surface area contributed by atoms with Gasteiger partial charge in [0.15, 0.2) is 0 Å². The Hall–Kier alpha value is -1.92. The third kappa shape index (κ3) is 4.01. The Kier molecular flexibility index (Phi) is 5.45. The molecule has 0 radical (unpaired) electrons. The zero-order valence-electron chi connectivity index (χ0n) is 16.1. The van der Waals surface area contributed by atoms with Gasteiger partial charge in [0.2, 0.25) is 5.91 Å². The highest BCUT2D eigenvalue weighted by atomic mass is 16.5. The van der Waals surface area contributed by atoms with Crippen LogP contribution in [0.1, 0.15) is 37.3 Å². The fourth-order valence-corrected chi connectivity index (χ4v) is 4.37. The molecule has 146 valence electrons. The summed E-state index contributed by atoms with van der Waals surface area (Å²) in [7, 11) is 0. The van der Waals surface area contributed by atoms with E-state index in [1.54, 1.807) is 0 Å². The van der Waals surface area contributed by atoms with E-state index in [0.29, 0.717) is 19.7 Å². The third-order valence-electron chi connectivity index (χ3n) is 6.12. The minimum Gasteiger partial charge on any atom is -0.368 e. The Bertz CT molecular complexity index is 707. The molecule has 2 atom stereocenters. The van der Waals surface area contributed by atoms with Crippen LogP contribution in [-0.2, 0) is 27.2 Å². The standard InChI is InChI=1S/C21H29N3O3/c1-15(20(25)22-18-8-7-16-4-2-5-17(16)14-18)23-9-11-24(12-10-23)21(26)19-6-3-13-27-19/h7-8,14-15,19H,2-6,9-13H2,1H3,(H,22,25)/t15-,19+/m0/s1. The molecule has 4 rings (SSSR count). The smallest absolute Gasteiger partial charge is 0.251 e. The number of nitrogens with zero attached hydrogens (tertiary/aromatic N) is 2. The number of hydrogen-bond acceptors (Lipinski definition) is 4. The molecule has 1 N–H and O–H groups in total. The highest BCUT2D eigenvalue weighted by molar-refractivity contribution is 5.94. The number of carbonyl (C=O) groups excluding carboxylic acids is 2. The molecule has 1 aliphatic carbocycles. The van der Waals surface area contributed by atoms with Crippen LogP contribution >= 0.6 is 0 Å². The predicted molar refractivity (Wildman–Crippen MR) is 104 cm³/mol. The molecule has 2 amide bonds. The Morgan fingerprint density at radius 2 is 1.89 bits per heavy atom. The van der Waals surface area contributed by atoms with E-state index in [0.717, 1.165) is 44.5 Å².